The van der Waals surface area contributed by atoms with Crippen LogP contribution in [0.3, 0.4) is 0 Å². The molecule has 2 aromatic carbocycles. The fourth-order valence-corrected chi connectivity index (χ4v) is 1.91. The second kappa shape index (κ2) is 6.10. The number of aryl methyl sites for hydroxylation is 1. The van der Waals surface area contributed by atoms with Gasteiger partial charge in [0.15, 0.2) is 0 Å². The highest BCUT2D eigenvalue weighted by Crippen LogP contribution is 2.22. The predicted octanol–water partition coefficient (Wildman–Crippen LogP) is 2.68. The van der Waals surface area contributed by atoms with Crippen LogP contribution in [0.5, 0.6) is 11.5 Å². The number of rotatable bonds is 5. The highest BCUT2D eigenvalue weighted by molar-refractivity contribution is 5.93. The molecule has 0 fully saturated rings. The number of ether oxygens (including phenoxy) is 2. The molecule has 0 aliphatic carbocycles. The van der Waals surface area contributed by atoms with Crippen LogP contribution in [0.2, 0.25) is 0 Å². The number of benzene rings is 2. The van der Waals surface area contributed by atoms with Crippen molar-refractivity contribution in [2.24, 2.45) is 5.73 Å². The largest absolute Gasteiger partial charge is 0.496 e. The minimum atomic E-state index is -0.468. The lowest BCUT2D eigenvalue weighted by molar-refractivity contribution is 0.1000. The Morgan fingerprint density at radius 2 is 2.00 bits per heavy atom. The fourth-order valence-electron chi connectivity index (χ4n) is 1.91. The summed E-state index contributed by atoms with van der Waals surface area (Å²) in [6.07, 6.45) is 0. The third kappa shape index (κ3) is 3.29. The van der Waals surface area contributed by atoms with Crippen LogP contribution in [-0.2, 0) is 6.61 Å². The first-order chi connectivity index (χ1) is 9.60. The minimum absolute atomic E-state index is 0.313. The average Bonchev–Trinajstić information content (AvgIpc) is 2.44. The van der Waals surface area contributed by atoms with E-state index in [0.717, 1.165) is 16.9 Å². The maximum Gasteiger partial charge on any atom is 0.248 e. The minimum Gasteiger partial charge on any atom is -0.496 e. The Balaban J connectivity index is 2.19. The zero-order chi connectivity index (χ0) is 14.5. The third-order valence-electron chi connectivity index (χ3n) is 2.95. The molecule has 1 amide bonds. The van der Waals surface area contributed by atoms with Gasteiger partial charge < -0.3 is 15.2 Å². The van der Waals surface area contributed by atoms with Crippen LogP contribution in [0.15, 0.2) is 42.5 Å². The number of methoxy groups -OCH3 is 1. The molecule has 0 saturated carbocycles. The molecule has 0 aromatic heterocycles. The van der Waals surface area contributed by atoms with E-state index >= 15 is 0 Å². The van der Waals surface area contributed by atoms with Crippen molar-refractivity contribution in [1.82, 2.24) is 0 Å². The number of carbonyl (C=O) groups excluding carboxylic acids is 1. The molecule has 0 aliphatic heterocycles. The quantitative estimate of drug-likeness (QED) is 0.909. The van der Waals surface area contributed by atoms with Crippen molar-refractivity contribution < 1.29 is 14.3 Å². The molecule has 0 unspecified atom stereocenters. The Labute approximate surface area is 118 Å². The lowest BCUT2D eigenvalue weighted by atomic mass is 10.1. The van der Waals surface area contributed by atoms with E-state index in [0.29, 0.717) is 17.9 Å². The van der Waals surface area contributed by atoms with Crippen LogP contribution in [0.1, 0.15) is 21.5 Å². The normalized spacial score (nSPS) is 10.1. The Hall–Kier alpha value is -2.49. The summed E-state index contributed by atoms with van der Waals surface area (Å²) in [6.45, 7) is 2.31. The highest BCUT2D eigenvalue weighted by atomic mass is 16.5. The molecule has 0 saturated heterocycles. The zero-order valence-corrected chi connectivity index (χ0v) is 11.6. The van der Waals surface area contributed by atoms with Crippen molar-refractivity contribution in [3.8, 4) is 11.5 Å². The summed E-state index contributed by atoms with van der Waals surface area (Å²) in [6, 6.07) is 12.8. The van der Waals surface area contributed by atoms with Crippen molar-refractivity contribution in [2.45, 2.75) is 13.5 Å². The van der Waals surface area contributed by atoms with E-state index in [1.165, 1.54) is 0 Å². The van der Waals surface area contributed by atoms with Gasteiger partial charge in [0.1, 0.15) is 18.1 Å². The molecule has 4 nitrogen and oxygen atoms in total. The van der Waals surface area contributed by atoms with E-state index in [4.69, 9.17) is 15.2 Å². The number of nitrogens with two attached hydrogens (primary N) is 1. The molecule has 0 heterocycles. The van der Waals surface area contributed by atoms with Gasteiger partial charge in [-0.2, -0.15) is 0 Å². The van der Waals surface area contributed by atoms with Gasteiger partial charge in [-0.15, -0.1) is 0 Å². The van der Waals surface area contributed by atoms with E-state index in [-0.39, 0.29) is 0 Å². The second-order valence-corrected chi connectivity index (χ2v) is 4.50. The molecule has 2 aromatic rings. The Morgan fingerprint density at radius 1 is 1.20 bits per heavy atom. The molecule has 0 aliphatic rings. The number of amides is 1. The summed E-state index contributed by atoms with van der Waals surface area (Å²) in [7, 11) is 1.58. The molecule has 0 radical (unpaired) electrons. The summed E-state index contributed by atoms with van der Waals surface area (Å²) < 4.78 is 11.0. The Morgan fingerprint density at radius 3 is 2.65 bits per heavy atom. The molecule has 20 heavy (non-hydrogen) atoms. The molecule has 0 bridgehead atoms. The smallest absolute Gasteiger partial charge is 0.248 e. The average molecular weight is 271 g/mol. The van der Waals surface area contributed by atoms with Crippen molar-refractivity contribution in [1.29, 1.82) is 0 Å². The highest BCUT2D eigenvalue weighted by Gasteiger charge is 2.08. The predicted molar refractivity (Wildman–Crippen MR) is 77.0 cm³/mol. The molecule has 2 N–H and O–H groups in total. The standard InChI is InChI=1S/C16H17NO3/c1-11-4-3-5-14(8-11)20-10-13-9-12(16(17)18)6-7-15(13)19-2/h3-9H,10H2,1-2H3,(H2,17,18). The molecule has 104 valence electrons. The van der Waals surface area contributed by atoms with Crippen LogP contribution in [-0.4, -0.2) is 13.0 Å². The maximum atomic E-state index is 11.2. The van der Waals surface area contributed by atoms with Gasteiger partial charge in [-0.1, -0.05) is 12.1 Å². The molecule has 0 atom stereocenters. The lowest BCUT2D eigenvalue weighted by Crippen LogP contribution is -2.12. The van der Waals surface area contributed by atoms with Crippen molar-refractivity contribution in [2.75, 3.05) is 7.11 Å². The van der Waals surface area contributed by atoms with Crippen LogP contribution in [0, 0.1) is 6.92 Å². The first-order valence-corrected chi connectivity index (χ1v) is 6.26. The molecular weight excluding hydrogens is 254 g/mol. The van der Waals surface area contributed by atoms with E-state index < -0.39 is 5.91 Å². The van der Waals surface area contributed by atoms with Gasteiger partial charge in [-0.05, 0) is 42.8 Å². The molecular formula is C16H17NO3. The number of hydrogen-bond acceptors (Lipinski definition) is 3. The van der Waals surface area contributed by atoms with Gasteiger partial charge in [0.25, 0.3) is 0 Å². The first kappa shape index (κ1) is 13.9. The topological polar surface area (TPSA) is 61.5 Å². The van der Waals surface area contributed by atoms with Gasteiger partial charge in [0, 0.05) is 11.1 Å². The van der Waals surface area contributed by atoms with E-state index in [1.807, 2.05) is 31.2 Å². The summed E-state index contributed by atoms with van der Waals surface area (Å²) in [5.41, 5.74) is 7.63. The van der Waals surface area contributed by atoms with E-state index in [1.54, 1.807) is 25.3 Å². The third-order valence-corrected chi connectivity index (χ3v) is 2.95. The number of carbonyl (C=O) groups is 1. The van der Waals surface area contributed by atoms with Crippen LogP contribution in [0.25, 0.3) is 0 Å². The summed E-state index contributed by atoms with van der Waals surface area (Å²) in [5.74, 6) is 0.976. The number of primary amides is 1. The number of hydrogen-bond donors (Lipinski definition) is 1. The van der Waals surface area contributed by atoms with Crippen LogP contribution in [0.4, 0.5) is 0 Å². The molecule has 0 spiro atoms. The fraction of sp³-hybridized carbons (Fsp3) is 0.188. The molecule has 4 heteroatoms. The summed E-state index contributed by atoms with van der Waals surface area (Å²) in [4.78, 5) is 11.2. The van der Waals surface area contributed by atoms with Gasteiger partial charge in [-0.25, -0.2) is 0 Å². The SMILES string of the molecule is COc1ccc(C(N)=O)cc1COc1cccc(C)c1. The van der Waals surface area contributed by atoms with Crippen LogP contribution < -0.4 is 15.2 Å². The lowest BCUT2D eigenvalue weighted by Gasteiger charge is -2.11. The zero-order valence-electron chi connectivity index (χ0n) is 11.6. The first-order valence-electron chi connectivity index (χ1n) is 6.26. The van der Waals surface area contributed by atoms with Gasteiger partial charge in [-0.3, -0.25) is 4.79 Å². The summed E-state index contributed by atoms with van der Waals surface area (Å²) in [5, 5.41) is 0. The van der Waals surface area contributed by atoms with Gasteiger partial charge in [0.05, 0.1) is 7.11 Å². The van der Waals surface area contributed by atoms with Crippen molar-refractivity contribution in [3.05, 3.63) is 59.2 Å². The second-order valence-electron chi connectivity index (χ2n) is 4.50. The Kier molecular flexibility index (Phi) is 4.25. The molecule has 2 rings (SSSR count). The van der Waals surface area contributed by atoms with Crippen molar-refractivity contribution in [3.63, 3.8) is 0 Å². The Bertz CT molecular complexity index is 623. The monoisotopic (exact) mass is 271 g/mol. The van der Waals surface area contributed by atoms with Gasteiger partial charge >= 0.3 is 0 Å². The van der Waals surface area contributed by atoms with Crippen LogP contribution >= 0.6 is 0 Å². The van der Waals surface area contributed by atoms with E-state index in [2.05, 4.69) is 0 Å². The van der Waals surface area contributed by atoms with Crippen molar-refractivity contribution >= 4 is 5.91 Å². The van der Waals surface area contributed by atoms with Gasteiger partial charge in [0.2, 0.25) is 5.91 Å². The summed E-state index contributed by atoms with van der Waals surface area (Å²) >= 11 is 0. The maximum absolute atomic E-state index is 11.2. The van der Waals surface area contributed by atoms with E-state index in [9.17, 15) is 4.79 Å².